The summed E-state index contributed by atoms with van der Waals surface area (Å²) in [6, 6.07) is 1.10. The zero-order chi connectivity index (χ0) is 8.72. The Morgan fingerprint density at radius 2 is 2.17 bits per heavy atom. The summed E-state index contributed by atoms with van der Waals surface area (Å²) in [5, 5.41) is 2.22. The van der Waals surface area contributed by atoms with Crippen LogP contribution < -0.4 is 11.2 Å². The fraction of sp³-hybridized carbons (Fsp3) is 0. The summed E-state index contributed by atoms with van der Waals surface area (Å²) in [5.74, 6) is -0.660. The lowest BCUT2D eigenvalue weighted by Gasteiger charge is -1.90. The van der Waals surface area contributed by atoms with E-state index in [0.717, 1.165) is 10.6 Å². The Bertz CT molecular complexity index is 535. The Morgan fingerprint density at radius 3 is 2.92 bits per heavy atom. The van der Waals surface area contributed by atoms with Crippen molar-refractivity contribution in [1.82, 2.24) is 14.6 Å². The van der Waals surface area contributed by atoms with Gasteiger partial charge in [0.1, 0.15) is 0 Å². The molecule has 2 heterocycles. The van der Waals surface area contributed by atoms with Crippen molar-refractivity contribution < 1.29 is 4.39 Å². The van der Waals surface area contributed by atoms with Crippen LogP contribution in [0.1, 0.15) is 0 Å². The summed E-state index contributed by atoms with van der Waals surface area (Å²) < 4.78 is 13.8. The van der Waals surface area contributed by atoms with E-state index in [1.807, 2.05) is 4.98 Å². The molecule has 0 fully saturated rings. The molecule has 0 atom stereocenters. The number of aromatic nitrogens is 3. The van der Waals surface area contributed by atoms with Crippen LogP contribution in [0.4, 0.5) is 4.39 Å². The fourth-order valence-electron chi connectivity index (χ4n) is 1.02. The molecule has 0 unspecified atom stereocenters. The molecule has 2 N–H and O–H groups in total. The standard InChI is InChI=1S/C6H4FN3O2/c7-3-1-2-10-4(3)5(11)8-6(12)9-10/h1-2H,(H2,8,9,11,12). The van der Waals surface area contributed by atoms with E-state index in [-0.39, 0.29) is 5.52 Å². The molecule has 0 aliphatic rings. The van der Waals surface area contributed by atoms with Crippen LogP contribution in [0.2, 0.25) is 0 Å². The second-order valence-electron chi connectivity index (χ2n) is 2.28. The number of nitrogens with zero attached hydrogens (tertiary/aromatic N) is 1. The molecule has 2 rings (SSSR count). The first-order valence-corrected chi connectivity index (χ1v) is 3.17. The number of rotatable bonds is 0. The molecule has 5 nitrogen and oxygen atoms in total. The van der Waals surface area contributed by atoms with Gasteiger partial charge in [-0.3, -0.25) is 14.3 Å². The first-order chi connectivity index (χ1) is 5.68. The van der Waals surface area contributed by atoms with Gasteiger partial charge in [0.2, 0.25) is 0 Å². The van der Waals surface area contributed by atoms with Gasteiger partial charge in [-0.1, -0.05) is 0 Å². The first kappa shape index (κ1) is 6.84. The third-order valence-corrected chi connectivity index (χ3v) is 1.50. The number of aromatic amines is 2. The molecule has 62 valence electrons. The highest BCUT2D eigenvalue weighted by Crippen LogP contribution is 2.01. The van der Waals surface area contributed by atoms with Crippen molar-refractivity contribution in [2.75, 3.05) is 0 Å². The number of halogens is 1. The maximum atomic E-state index is 12.8. The minimum absolute atomic E-state index is 0.186. The van der Waals surface area contributed by atoms with Crippen molar-refractivity contribution in [3.63, 3.8) is 0 Å². The zero-order valence-electron chi connectivity index (χ0n) is 5.80. The molecule has 6 heteroatoms. The molecule has 0 aliphatic carbocycles. The molecule has 0 saturated carbocycles. The van der Waals surface area contributed by atoms with Crippen LogP contribution >= 0.6 is 0 Å². The molecule has 2 aromatic heterocycles. The molecule has 0 spiro atoms. The van der Waals surface area contributed by atoms with E-state index in [4.69, 9.17) is 0 Å². The zero-order valence-corrected chi connectivity index (χ0v) is 5.80. The molecular weight excluding hydrogens is 165 g/mol. The fourth-order valence-corrected chi connectivity index (χ4v) is 1.02. The van der Waals surface area contributed by atoms with Crippen molar-refractivity contribution >= 4 is 5.52 Å². The first-order valence-electron chi connectivity index (χ1n) is 3.17. The highest BCUT2D eigenvalue weighted by Gasteiger charge is 2.05. The summed E-state index contributed by atoms with van der Waals surface area (Å²) in [7, 11) is 0. The van der Waals surface area contributed by atoms with E-state index in [1.54, 1.807) is 0 Å². The second kappa shape index (κ2) is 2.07. The largest absolute Gasteiger partial charge is 0.340 e. The third-order valence-electron chi connectivity index (χ3n) is 1.50. The SMILES string of the molecule is O=c1[nH]c(=O)c2c(F)ccn2[nH]1. The maximum absolute atomic E-state index is 12.8. The van der Waals surface area contributed by atoms with Gasteiger partial charge in [0, 0.05) is 6.20 Å². The topological polar surface area (TPSA) is 70.1 Å². The number of fused-ring (bicyclic) bond motifs is 1. The van der Waals surface area contributed by atoms with Crippen LogP contribution in [0.25, 0.3) is 5.52 Å². The van der Waals surface area contributed by atoms with Gasteiger partial charge in [0.25, 0.3) is 5.56 Å². The molecule has 0 aromatic carbocycles. The van der Waals surface area contributed by atoms with Crippen LogP contribution in [0.15, 0.2) is 21.9 Å². The van der Waals surface area contributed by atoms with Gasteiger partial charge < -0.3 is 0 Å². The Kier molecular flexibility index (Phi) is 1.18. The monoisotopic (exact) mass is 169 g/mol. The van der Waals surface area contributed by atoms with E-state index in [0.29, 0.717) is 0 Å². The average Bonchev–Trinajstić information content (AvgIpc) is 2.31. The molecule has 0 saturated heterocycles. The molecule has 0 radical (unpaired) electrons. The smallest absolute Gasteiger partial charge is 0.271 e. The number of nitrogens with one attached hydrogen (secondary N) is 2. The van der Waals surface area contributed by atoms with Gasteiger partial charge in [-0.2, -0.15) is 0 Å². The van der Waals surface area contributed by atoms with Crippen LogP contribution in [0, 0.1) is 5.82 Å². The molecule has 0 aliphatic heterocycles. The predicted octanol–water partition coefficient (Wildman–Crippen LogP) is -0.545. The lowest BCUT2D eigenvalue weighted by molar-refractivity contribution is 0.636. The summed E-state index contributed by atoms with van der Waals surface area (Å²) in [6.07, 6.45) is 1.27. The van der Waals surface area contributed by atoms with E-state index in [1.165, 1.54) is 6.20 Å². The number of H-pyrrole nitrogens is 2. The lowest BCUT2D eigenvalue weighted by Crippen LogP contribution is -2.25. The van der Waals surface area contributed by atoms with Gasteiger partial charge in [-0.25, -0.2) is 14.3 Å². The molecule has 0 bridgehead atoms. The Balaban J connectivity index is 3.13. The van der Waals surface area contributed by atoms with Crippen LogP contribution in [0.3, 0.4) is 0 Å². The van der Waals surface area contributed by atoms with E-state index in [9.17, 15) is 14.0 Å². The second-order valence-corrected chi connectivity index (χ2v) is 2.28. The van der Waals surface area contributed by atoms with Crippen LogP contribution in [-0.2, 0) is 0 Å². The van der Waals surface area contributed by atoms with E-state index >= 15 is 0 Å². The number of hydrogen-bond acceptors (Lipinski definition) is 2. The van der Waals surface area contributed by atoms with Crippen molar-refractivity contribution in [3.8, 4) is 0 Å². The van der Waals surface area contributed by atoms with Crippen molar-refractivity contribution in [2.45, 2.75) is 0 Å². The highest BCUT2D eigenvalue weighted by molar-refractivity contribution is 5.44. The summed E-state index contributed by atoms with van der Waals surface area (Å²) in [4.78, 5) is 23.5. The van der Waals surface area contributed by atoms with Crippen LogP contribution in [-0.4, -0.2) is 14.6 Å². The minimum Gasteiger partial charge on any atom is -0.271 e. The van der Waals surface area contributed by atoms with Crippen molar-refractivity contribution in [1.29, 1.82) is 0 Å². The minimum atomic E-state index is -0.735. The Morgan fingerprint density at radius 1 is 1.42 bits per heavy atom. The average molecular weight is 169 g/mol. The number of hydrogen-bond donors (Lipinski definition) is 2. The van der Waals surface area contributed by atoms with Gasteiger partial charge in [0.05, 0.1) is 0 Å². The Hall–Kier alpha value is -1.85. The quantitative estimate of drug-likeness (QED) is 0.555. The molecule has 12 heavy (non-hydrogen) atoms. The van der Waals surface area contributed by atoms with Crippen molar-refractivity contribution in [2.24, 2.45) is 0 Å². The van der Waals surface area contributed by atoms with E-state index in [2.05, 4.69) is 5.10 Å². The van der Waals surface area contributed by atoms with Gasteiger partial charge in [0.15, 0.2) is 11.3 Å². The van der Waals surface area contributed by atoms with Gasteiger partial charge >= 0.3 is 5.69 Å². The lowest BCUT2D eigenvalue weighted by atomic mass is 10.5. The summed E-state index contributed by atoms with van der Waals surface area (Å²) in [5.41, 5.74) is -1.58. The normalized spacial score (nSPS) is 10.8. The van der Waals surface area contributed by atoms with Crippen molar-refractivity contribution in [3.05, 3.63) is 38.9 Å². The van der Waals surface area contributed by atoms with E-state index < -0.39 is 17.1 Å². The van der Waals surface area contributed by atoms with Crippen LogP contribution in [0.5, 0.6) is 0 Å². The molecule has 2 aromatic rings. The summed E-state index contributed by atoms with van der Waals surface area (Å²) >= 11 is 0. The third kappa shape index (κ3) is 0.777. The van der Waals surface area contributed by atoms with Gasteiger partial charge in [-0.05, 0) is 6.07 Å². The maximum Gasteiger partial charge on any atom is 0.340 e. The highest BCUT2D eigenvalue weighted by atomic mass is 19.1. The molecular formula is C6H4FN3O2. The van der Waals surface area contributed by atoms with Gasteiger partial charge in [-0.15, -0.1) is 0 Å². The Labute approximate surface area is 64.4 Å². The summed E-state index contributed by atoms with van der Waals surface area (Å²) in [6.45, 7) is 0. The molecule has 0 amide bonds. The predicted molar refractivity (Wildman–Crippen MR) is 38.6 cm³/mol.